The van der Waals surface area contributed by atoms with Gasteiger partial charge >= 0.3 is 0 Å². The zero-order valence-electron chi connectivity index (χ0n) is 24.9. The Labute approximate surface area is 268 Å². The van der Waals surface area contributed by atoms with E-state index in [1.165, 1.54) is 0 Å². The molecule has 5 nitrogen and oxygen atoms in total. The number of hydrogen-bond acceptors (Lipinski definition) is 2. The van der Waals surface area contributed by atoms with E-state index in [1.54, 1.807) is 0 Å². The van der Waals surface area contributed by atoms with Crippen LogP contribution in [0.15, 0.2) is 138 Å². The molecule has 0 atom stereocenters. The molecular formula is C42H22N4O. The van der Waals surface area contributed by atoms with Gasteiger partial charge in [0, 0.05) is 26.9 Å². The molecule has 0 saturated carbocycles. The Balaban J connectivity index is 1.31. The number of furan rings is 1. The molecule has 3 heterocycles. The van der Waals surface area contributed by atoms with E-state index >= 15 is 0 Å². The van der Waals surface area contributed by atoms with Crippen LogP contribution in [0.3, 0.4) is 0 Å². The Morgan fingerprint density at radius 3 is 1.94 bits per heavy atom. The molecular weight excluding hydrogens is 576 g/mol. The van der Waals surface area contributed by atoms with Crippen LogP contribution in [0, 0.1) is 17.9 Å². The number of hydrogen-bond donors (Lipinski definition) is 0. The number of rotatable bonds is 2. The van der Waals surface area contributed by atoms with Crippen molar-refractivity contribution in [1.82, 2.24) is 9.13 Å². The molecule has 10 rings (SSSR count). The molecule has 0 radical (unpaired) electrons. The summed E-state index contributed by atoms with van der Waals surface area (Å²) in [4.78, 5) is 4.08. The van der Waals surface area contributed by atoms with Gasteiger partial charge in [0.2, 0.25) is 5.69 Å². The number of fused-ring (bicyclic) bond motifs is 12. The Kier molecular flexibility index (Phi) is 5.07. The Morgan fingerprint density at radius 1 is 0.553 bits per heavy atom. The molecule has 0 spiro atoms. The van der Waals surface area contributed by atoms with Gasteiger partial charge in [-0.05, 0) is 59.3 Å². The van der Waals surface area contributed by atoms with Crippen LogP contribution in [0.25, 0.3) is 92.5 Å². The van der Waals surface area contributed by atoms with Crippen molar-refractivity contribution in [3.8, 4) is 17.4 Å². The van der Waals surface area contributed by atoms with Crippen molar-refractivity contribution in [3.05, 3.63) is 150 Å². The van der Waals surface area contributed by atoms with Gasteiger partial charge in [-0.15, -0.1) is 0 Å². The van der Waals surface area contributed by atoms with Gasteiger partial charge in [-0.3, -0.25) is 0 Å². The first-order valence-corrected chi connectivity index (χ1v) is 15.5. The summed E-state index contributed by atoms with van der Waals surface area (Å²) >= 11 is 0. The lowest BCUT2D eigenvalue weighted by molar-refractivity contribution is 0.673. The standard InChI is InChI=1S/C42H22N4O/c1-44-32-23-37(45-34-16-8-5-14-31(34)41-36(45)21-19-29-28-12-6-9-17-39(28)47-42(29)41)26(24-43)22-38(32)46-33-15-7-4-13-30(33)40-27-11-3-2-10-25(27)18-20-35(40)46/h2-23H. The summed E-state index contributed by atoms with van der Waals surface area (Å²) < 4.78 is 10.7. The van der Waals surface area contributed by atoms with Gasteiger partial charge in [-0.2, -0.15) is 5.26 Å². The molecule has 0 saturated heterocycles. The van der Waals surface area contributed by atoms with Crippen LogP contribution in [0.4, 0.5) is 5.69 Å². The van der Waals surface area contributed by atoms with Crippen molar-refractivity contribution < 1.29 is 4.42 Å². The first-order valence-electron chi connectivity index (χ1n) is 15.5. The van der Waals surface area contributed by atoms with Gasteiger partial charge in [-0.25, -0.2) is 4.85 Å². The average Bonchev–Trinajstić information content (AvgIpc) is 3.78. The van der Waals surface area contributed by atoms with Gasteiger partial charge in [0.25, 0.3) is 0 Å². The highest BCUT2D eigenvalue weighted by Crippen LogP contribution is 2.44. The maximum Gasteiger partial charge on any atom is 0.212 e. The fraction of sp³-hybridized carbons (Fsp3) is 0. The summed E-state index contributed by atoms with van der Waals surface area (Å²) in [5.74, 6) is 0. The number of benzene rings is 7. The second-order valence-corrected chi connectivity index (χ2v) is 11.9. The molecule has 0 amide bonds. The van der Waals surface area contributed by atoms with Crippen molar-refractivity contribution in [3.63, 3.8) is 0 Å². The quantitative estimate of drug-likeness (QED) is 0.186. The first kappa shape index (κ1) is 25.5. The van der Waals surface area contributed by atoms with E-state index in [4.69, 9.17) is 11.0 Å². The number of aromatic nitrogens is 2. The number of para-hydroxylation sites is 3. The lowest BCUT2D eigenvalue weighted by Gasteiger charge is -2.16. The number of nitriles is 1. The summed E-state index contributed by atoms with van der Waals surface area (Å²) in [6, 6.07) is 47.6. The van der Waals surface area contributed by atoms with Crippen molar-refractivity contribution in [1.29, 1.82) is 5.26 Å². The zero-order chi connectivity index (χ0) is 31.2. The fourth-order valence-electron chi connectivity index (χ4n) is 7.60. The maximum atomic E-state index is 10.7. The van der Waals surface area contributed by atoms with Crippen molar-refractivity contribution in [2.45, 2.75) is 0 Å². The van der Waals surface area contributed by atoms with E-state index < -0.39 is 0 Å². The topological polar surface area (TPSA) is 51.1 Å². The van der Waals surface area contributed by atoms with E-state index in [-0.39, 0.29) is 0 Å². The molecule has 216 valence electrons. The van der Waals surface area contributed by atoms with Crippen molar-refractivity contribution in [2.24, 2.45) is 0 Å². The van der Waals surface area contributed by atoms with Gasteiger partial charge < -0.3 is 13.6 Å². The van der Waals surface area contributed by atoms with Crippen LogP contribution in [0.5, 0.6) is 0 Å². The second-order valence-electron chi connectivity index (χ2n) is 11.9. The summed E-state index contributed by atoms with van der Waals surface area (Å²) in [6.45, 7) is 8.38. The molecule has 5 heteroatoms. The van der Waals surface area contributed by atoms with Gasteiger partial charge in [0.1, 0.15) is 17.2 Å². The summed E-state index contributed by atoms with van der Waals surface area (Å²) in [5, 5.41) is 19.4. The minimum atomic E-state index is 0.463. The third-order valence-corrected chi connectivity index (χ3v) is 9.56. The largest absolute Gasteiger partial charge is 0.455 e. The molecule has 7 aromatic carbocycles. The molecule has 3 aromatic heterocycles. The highest BCUT2D eigenvalue weighted by atomic mass is 16.3. The maximum absolute atomic E-state index is 10.7. The monoisotopic (exact) mass is 598 g/mol. The van der Waals surface area contributed by atoms with E-state index in [0.29, 0.717) is 22.6 Å². The predicted molar refractivity (Wildman–Crippen MR) is 191 cm³/mol. The molecule has 0 aliphatic carbocycles. The molecule has 47 heavy (non-hydrogen) atoms. The molecule has 0 fully saturated rings. The normalized spacial score (nSPS) is 11.8. The van der Waals surface area contributed by atoms with Crippen LogP contribution in [-0.4, -0.2) is 9.13 Å². The lowest BCUT2D eigenvalue weighted by Crippen LogP contribution is -2.01. The van der Waals surface area contributed by atoms with E-state index in [2.05, 4.69) is 105 Å². The highest BCUT2D eigenvalue weighted by Gasteiger charge is 2.23. The van der Waals surface area contributed by atoms with Crippen LogP contribution in [0.2, 0.25) is 0 Å². The van der Waals surface area contributed by atoms with E-state index in [1.807, 2.05) is 48.5 Å². The molecule has 0 aliphatic rings. The van der Waals surface area contributed by atoms with E-state index in [9.17, 15) is 5.26 Å². The van der Waals surface area contributed by atoms with Crippen LogP contribution < -0.4 is 0 Å². The Morgan fingerprint density at radius 2 is 1.17 bits per heavy atom. The SMILES string of the molecule is [C-]#[N+]c1cc(-n2c3ccccc3c3c4oc5ccccc5c4ccc32)c(C#N)cc1-n1c2ccccc2c2c3ccccc3ccc21. The second kappa shape index (κ2) is 9.34. The lowest BCUT2D eigenvalue weighted by atomic mass is 10.0. The average molecular weight is 599 g/mol. The van der Waals surface area contributed by atoms with Gasteiger partial charge in [-0.1, -0.05) is 84.9 Å². The summed E-state index contributed by atoms with van der Waals surface area (Å²) in [6.07, 6.45) is 0. The number of nitrogens with zero attached hydrogens (tertiary/aromatic N) is 4. The highest BCUT2D eigenvalue weighted by molar-refractivity contribution is 6.24. The molecule has 0 bridgehead atoms. The minimum absolute atomic E-state index is 0.463. The third-order valence-electron chi connectivity index (χ3n) is 9.56. The van der Waals surface area contributed by atoms with Crippen molar-refractivity contribution >= 4 is 82.0 Å². The summed E-state index contributed by atoms with van der Waals surface area (Å²) in [5.41, 5.74) is 7.79. The zero-order valence-corrected chi connectivity index (χ0v) is 24.9. The Bertz CT molecular complexity index is 3050. The summed E-state index contributed by atoms with van der Waals surface area (Å²) in [7, 11) is 0. The van der Waals surface area contributed by atoms with Crippen LogP contribution >= 0.6 is 0 Å². The molecule has 0 aliphatic heterocycles. The van der Waals surface area contributed by atoms with E-state index in [0.717, 1.165) is 76.3 Å². The third kappa shape index (κ3) is 3.35. The van der Waals surface area contributed by atoms with Crippen LogP contribution in [0.1, 0.15) is 5.56 Å². The molecule has 0 N–H and O–H groups in total. The van der Waals surface area contributed by atoms with Crippen LogP contribution in [-0.2, 0) is 0 Å². The predicted octanol–water partition coefficient (Wildman–Crippen LogP) is 11.4. The first-order chi connectivity index (χ1) is 23.2. The Hall–Kier alpha value is -6.82. The molecule has 10 aromatic rings. The molecule has 0 unspecified atom stereocenters. The van der Waals surface area contributed by atoms with Crippen molar-refractivity contribution in [2.75, 3.05) is 0 Å². The fourth-order valence-corrected chi connectivity index (χ4v) is 7.60. The van der Waals surface area contributed by atoms with Gasteiger partial charge in [0.15, 0.2) is 0 Å². The van der Waals surface area contributed by atoms with Gasteiger partial charge in [0.05, 0.1) is 51.0 Å². The minimum Gasteiger partial charge on any atom is -0.455 e. The smallest absolute Gasteiger partial charge is 0.212 e.